The van der Waals surface area contributed by atoms with Gasteiger partial charge in [-0.05, 0) is 24.0 Å². The van der Waals surface area contributed by atoms with E-state index >= 15 is 0 Å². The van der Waals surface area contributed by atoms with E-state index in [0.29, 0.717) is 23.6 Å². The number of hydrogen-bond acceptors (Lipinski definition) is 3. The molecule has 0 aliphatic rings. The Hall–Kier alpha value is -1.71. The highest BCUT2D eigenvalue weighted by Crippen LogP contribution is 2.27. The number of primary amides is 1. The van der Waals surface area contributed by atoms with Crippen LogP contribution in [-0.2, 0) is 0 Å². The maximum atomic E-state index is 11.2. The van der Waals surface area contributed by atoms with Crippen LogP contribution in [-0.4, -0.2) is 12.5 Å². The minimum absolute atomic E-state index is 0.177. The van der Waals surface area contributed by atoms with Gasteiger partial charge in [-0.2, -0.15) is 0 Å². The van der Waals surface area contributed by atoms with Crippen molar-refractivity contribution in [2.24, 2.45) is 11.1 Å². The molecule has 0 heterocycles. The zero-order valence-electron chi connectivity index (χ0n) is 10.6. The summed E-state index contributed by atoms with van der Waals surface area (Å²) in [6, 6.07) is 5.00. The summed E-state index contributed by atoms with van der Waals surface area (Å²) in [6.07, 6.45) is 0.875. The standard InChI is InChI=1S/C13H20N2O2/c1-13(2,3)7-8-17-11-9(12(15)16)5-4-6-10(11)14/h4-6H,7-8,14H2,1-3H3,(H2,15,16). The van der Waals surface area contributed by atoms with Gasteiger partial charge in [-0.1, -0.05) is 26.8 Å². The normalized spacial score (nSPS) is 11.2. The first-order valence-electron chi connectivity index (χ1n) is 5.62. The van der Waals surface area contributed by atoms with Gasteiger partial charge in [-0.15, -0.1) is 0 Å². The quantitative estimate of drug-likeness (QED) is 0.786. The number of hydrogen-bond donors (Lipinski definition) is 2. The number of para-hydroxylation sites is 1. The molecule has 0 atom stereocenters. The van der Waals surface area contributed by atoms with Crippen LogP contribution in [0.25, 0.3) is 0 Å². The van der Waals surface area contributed by atoms with Gasteiger partial charge in [0.2, 0.25) is 0 Å². The fourth-order valence-electron chi connectivity index (χ4n) is 1.37. The molecule has 0 aliphatic carbocycles. The van der Waals surface area contributed by atoms with E-state index in [4.69, 9.17) is 16.2 Å². The van der Waals surface area contributed by atoms with E-state index in [2.05, 4.69) is 20.8 Å². The SMILES string of the molecule is CC(C)(C)CCOc1c(N)cccc1C(N)=O. The predicted molar refractivity (Wildman–Crippen MR) is 68.9 cm³/mol. The van der Waals surface area contributed by atoms with E-state index < -0.39 is 5.91 Å². The van der Waals surface area contributed by atoms with Crippen LogP contribution in [0.3, 0.4) is 0 Å². The second-order valence-corrected chi connectivity index (χ2v) is 5.25. The molecule has 4 nitrogen and oxygen atoms in total. The summed E-state index contributed by atoms with van der Waals surface area (Å²) >= 11 is 0. The number of ether oxygens (including phenoxy) is 1. The third-order valence-corrected chi connectivity index (χ3v) is 2.41. The van der Waals surface area contributed by atoms with Crippen LogP contribution in [0.5, 0.6) is 5.75 Å². The summed E-state index contributed by atoms with van der Waals surface area (Å²) in [6.45, 7) is 6.89. The van der Waals surface area contributed by atoms with E-state index in [1.54, 1.807) is 18.2 Å². The van der Waals surface area contributed by atoms with Crippen molar-refractivity contribution in [2.45, 2.75) is 27.2 Å². The van der Waals surface area contributed by atoms with E-state index in [9.17, 15) is 4.79 Å². The monoisotopic (exact) mass is 236 g/mol. The first-order chi connectivity index (χ1) is 7.81. The average molecular weight is 236 g/mol. The van der Waals surface area contributed by atoms with Crippen molar-refractivity contribution in [3.8, 4) is 5.75 Å². The molecule has 0 aromatic heterocycles. The van der Waals surface area contributed by atoms with Crippen molar-refractivity contribution in [2.75, 3.05) is 12.3 Å². The van der Waals surface area contributed by atoms with Crippen LogP contribution in [0.2, 0.25) is 0 Å². The summed E-state index contributed by atoms with van der Waals surface area (Å²) in [5.41, 5.74) is 12.0. The first-order valence-corrected chi connectivity index (χ1v) is 5.62. The molecular formula is C13H20N2O2. The lowest BCUT2D eigenvalue weighted by atomic mass is 9.93. The second kappa shape index (κ2) is 5.08. The predicted octanol–water partition coefficient (Wildman–Crippen LogP) is 2.18. The smallest absolute Gasteiger partial charge is 0.252 e. The van der Waals surface area contributed by atoms with Crippen LogP contribution < -0.4 is 16.2 Å². The number of rotatable bonds is 4. The molecule has 94 valence electrons. The molecule has 0 fully saturated rings. The Balaban J connectivity index is 2.79. The van der Waals surface area contributed by atoms with Crippen LogP contribution in [0.15, 0.2) is 18.2 Å². The Kier molecular flexibility index (Phi) is 3.99. The van der Waals surface area contributed by atoms with E-state index in [-0.39, 0.29) is 5.41 Å². The third-order valence-electron chi connectivity index (χ3n) is 2.41. The summed E-state index contributed by atoms with van der Waals surface area (Å²) in [7, 11) is 0. The van der Waals surface area contributed by atoms with E-state index in [1.807, 2.05) is 0 Å². The lowest BCUT2D eigenvalue weighted by molar-refractivity contribution is 0.0996. The number of nitrogen functional groups attached to an aromatic ring is 1. The van der Waals surface area contributed by atoms with Crippen molar-refractivity contribution in [1.29, 1.82) is 0 Å². The Morgan fingerprint density at radius 2 is 2.00 bits per heavy atom. The van der Waals surface area contributed by atoms with E-state index in [1.165, 1.54) is 0 Å². The molecule has 0 saturated carbocycles. The summed E-state index contributed by atoms with van der Waals surface area (Å²) in [5, 5.41) is 0. The van der Waals surface area contributed by atoms with Crippen molar-refractivity contribution in [3.05, 3.63) is 23.8 Å². The maximum absolute atomic E-state index is 11.2. The van der Waals surface area contributed by atoms with Gasteiger partial charge in [-0.3, -0.25) is 4.79 Å². The zero-order valence-corrected chi connectivity index (χ0v) is 10.6. The highest BCUT2D eigenvalue weighted by Gasteiger charge is 2.14. The Morgan fingerprint density at radius 3 is 2.53 bits per heavy atom. The van der Waals surface area contributed by atoms with Gasteiger partial charge in [0.15, 0.2) is 5.75 Å². The van der Waals surface area contributed by atoms with Crippen molar-refractivity contribution < 1.29 is 9.53 Å². The van der Waals surface area contributed by atoms with Gasteiger partial charge in [-0.25, -0.2) is 0 Å². The number of carbonyl (C=O) groups is 1. The van der Waals surface area contributed by atoms with Crippen molar-refractivity contribution >= 4 is 11.6 Å². The maximum Gasteiger partial charge on any atom is 0.252 e. The zero-order chi connectivity index (χ0) is 13.1. The van der Waals surface area contributed by atoms with Crippen LogP contribution in [0.1, 0.15) is 37.6 Å². The van der Waals surface area contributed by atoms with Crippen LogP contribution >= 0.6 is 0 Å². The van der Waals surface area contributed by atoms with Crippen LogP contribution in [0.4, 0.5) is 5.69 Å². The van der Waals surface area contributed by atoms with Gasteiger partial charge < -0.3 is 16.2 Å². The molecule has 0 aliphatic heterocycles. The highest BCUT2D eigenvalue weighted by molar-refractivity contribution is 5.97. The molecule has 0 radical (unpaired) electrons. The number of benzene rings is 1. The number of anilines is 1. The molecule has 0 bridgehead atoms. The molecule has 1 aromatic carbocycles. The van der Waals surface area contributed by atoms with Gasteiger partial charge in [0.1, 0.15) is 0 Å². The molecule has 0 spiro atoms. The van der Waals surface area contributed by atoms with Crippen molar-refractivity contribution in [1.82, 2.24) is 0 Å². The van der Waals surface area contributed by atoms with Gasteiger partial charge >= 0.3 is 0 Å². The molecule has 4 N–H and O–H groups in total. The minimum Gasteiger partial charge on any atom is -0.491 e. The molecule has 0 saturated heterocycles. The minimum atomic E-state index is -0.525. The molecule has 0 unspecified atom stereocenters. The average Bonchev–Trinajstić information content (AvgIpc) is 2.18. The van der Waals surface area contributed by atoms with E-state index in [0.717, 1.165) is 6.42 Å². The van der Waals surface area contributed by atoms with Gasteiger partial charge in [0, 0.05) is 0 Å². The molecule has 1 aromatic rings. The largest absolute Gasteiger partial charge is 0.491 e. The summed E-state index contributed by atoms with van der Waals surface area (Å²) in [5.74, 6) is -0.132. The Labute approximate surface area is 102 Å². The number of carbonyl (C=O) groups excluding carboxylic acids is 1. The highest BCUT2D eigenvalue weighted by atomic mass is 16.5. The molecule has 17 heavy (non-hydrogen) atoms. The second-order valence-electron chi connectivity index (χ2n) is 5.25. The van der Waals surface area contributed by atoms with Crippen molar-refractivity contribution in [3.63, 3.8) is 0 Å². The Morgan fingerprint density at radius 1 is 1.35 bits per heavy atom. The lowest BCUT2D eigenvalue weighted by Crippen LogP contribution is -2.16. The Bertz CT molecular complexity index is 408. The molecular weight excluding hydrogens is 216 g/mol. The van der Waals surface area contributed by atoms with Gasteiger partial charge in [0.05, 0.1) is 17.9 Å². The summed E-state index contributed by atoms with van der Waals surface area (Å²) < 4.78 is 5.58. The molecule has 4 heteroatoms. The third kappa shape index (κ3) is 3.98. The topological polar surface area (TPSA) is 78.3 Å². The number of nitrogens with two attached hydrogens (primary N) is 2. The number of amides is 1. The van der Waals surface area contributed by atoms with Gasteiger partial charge in [0.25, 0.3) is 5.91 Å². The molecule has 1 amide bonds. The molecule has 1 rings (SSSR count). The fourth-order valence-corrected chi connectivity index (χ4v) is 1.37. The first kappa shape index (κ1) is 13.4. The lowest BCUT2D eigenvalue weighted by Gasteiger charge is -2.19. The fraction of sp³-hybridized carbons (Fsp3) is 0.462. The summed E-state index contributed by atoms with van der Waals surface area (Å²) in [4.78, 5) is 11.2. The van der Waals surface area contributed by atoms with Crippen LogP contribution in [0, 0.1) is 5.41 Å².